The molecule has 2 aromatic carbocycles. The first-order valence-electron chi connectivity index (χ1n) is 5.93. The van der Waals surface area contributed by atoms with Crippen molar-refractivity contribution >= 4 is 17.2 Å². The first-order valence-corrected chi connectivity index (χ1v) is 5.93. The van der Waals surface area contributed by atoms with Crippen molar-refractivity contribution in [1.29, 1.82) is 0 Å². The van der Waals surface area contributed by atoms with Gasteiger partial charge in [-0.1, -0.05) is 49.7 Å². The highest BCUT2D eigenvalue weighted by molar-refractivity contribution is 5.83. The highest BCUT2D eigenvalue weighted by Gasteiger charge is 2.11. The van der Waals surface area contributed by atoms with Crippen LogP contribution in [0.25, 0.3) is 10.8 Å². The number of fused-ring (bicyclic) bond motifs is 1. The number of hydrogen-bond acceptors (Lipinski definition) is 2. The standard InChI is InChI=1S/C15H16O2/c1-2-5-15(17-11-16)14-9-8-12-6-3-4-7-13(12)10-14/h3-4,6-11,15H,2,5H2,1H3. The minimum Gasteiger partial charge on any atom is -0.460 e. The largest absolute Gasteiger partial charge is 0.460 e. The quantitative estimate of drug-likeness (QED) is 0.726. The number of carbonyl (C=O) groups excluding carboxylic acids is 1. The molecule has 0 amide bonds. The molecule has 2 nitrogen and oxygen atoms in total. The predicted molar refractivity (Wildman–Crippen MR) is 68.7 cm³/mol. The van der Waals surface area contributed by atoms with Crippen LogP contribution >= 0.6 is 0 Å². The average Bonchev–Trinajstić information content (AvgIpc) is 2.38. The van der Waals surface area contributed by atoms with Gasteiger partial charge in [0.1, 0.15) is 6.10 Å². The van der Waals surface area contributed by atoms with E-state index in [9.17, 15) is 4.79 Å². The highest BCUT2D eigenvalue weighted by Crippen LogP contribution is 2.25. The number of hydrogen-bond donors (Lipinski definition) is 0. The van der Waals surface area contributed by atoms with Gasteiger partial charge in [0.15, 0.2) is 0 Å². The second kappa shape index (κ2) is 5.48. The monoisotopic (exact) mass is 228 g/mol. The fourth-order valence-corrected chi connectivity index (χ4v) is 2.05. The minimum atomic E-state index is -0.123. The fourth-order valence-electron chi connectivity index (χ4n) is 2.05. The topological polar surface area (TPSA) is 26.3 Å². The molecule has 0 radical (unpaired) electrons. The molecule has 88 valence electrons. The summed E-state index contributed by atoms with van der Waals surface area (Å²) >= 11 is 0. The lowest BCUT2D eigenvalue weighted by molar-refractivity contribution is -0.134. The third-order valence-corrected chi connectivity index (χ3v) is 2.92. The fraction of sp³-hybridized carbons (Fsp3) is 0.267. The molecule has 0 saturated heterocycles. The summed E-state index contributed by atoms with van der Waals surface area (Å²) in [6, 6.07) is 14.4. The molecule has 0 spiro atoms. The van der Waals surface area contributed by atoms with Crippen molar-refractivity contribution in [1.82, 2.24) is 0 Å². The number of rotatable bonds is 5. The molecule has 2 aromatic rings. The van der Waals surface area contributed by atoms with Crippen molar-refractivity contribution in [3.8, 4) is 0 Å². The van der Waals surface area contributed by atoms with E-state index < -0.39 is 0 Å². The maximum Gasteiger partial charge on any atom is 0.293 e. The van der Waals surface area contributed by atoms with Gasteiger partial charge in [0, 0.05) is 0 Å². The number of carbonyl (C=O) groups is 1. The molecule has 0 aliphatic heterocycles. The van der Waals surface area contributed by atoms with E-state index in [0.29, 0.717) is 6.47 Å². The Morgan fingerprint density at radius 2 is 1.94 bits per heavy atom. The van der Waals surface area contributed by atoms with E-state index in [0.717, 1.165) is 18.4 Å². The molecule has 0 aliphatic rings. The van der Waals surface area contributed by atoms with E-state index in [4.69, 9.17) is 4.74 Å². The van der Waals surface area contributed by atoms with E-state index in [1.165, 1.54) is 10.8 Å². The SMILES string of the molecule is CCCC(OC=O)c1ccc2ccccc2c1. The summed E-state index contributed by atoms with van der Waals surface area (Å²) in [5.74, 6) is 0. The summed E-state index contributed by atoms with van der Waals surface area (Å²) < 4.78 is 5.14. The zero-order valence-electron chi connectivity index (χ0n) is 9.93. The molecule has 0 fully saturated rings. The van der Waals surface area contributed by atoms with Crippen LogP contribution in [0, 0.1) is 0 Å². The van der Waals surface area contributed by atoms with Gasteiger partial charge in [-0.25, -0.2) is 0 Å². The summed E-state index contributed by atoms with van der Waals surface area (Å²) in [6.45, 7) is 2.62. The molecular formula is C15H16O2. The Labute approximate surface area is 101 Å². The average molecular weight is 228 g/mol. The second-order valence-corrected chi connectivity index (χ2v) is 4.12. The Balaban J connectivity index is 2.35. The zero-order valence-corrected chi connectivity index (χ0v) is 9.93. The van der Waals surface area contributed by atoms with Crippen LogP contribution in [-0.4, -0.2) is 6.47 Å². The maximum atomic E-state index is 10.5. The Bertz CT molecular complexity index is 505. The van der Waals surface area contributed by atoms with Gasteiger partial charge in [-0.15, -0.1) is 0 Å². The third-order valence-electron chi connectivity index (χ3n) is 2.92. The molecular weight excluding hydrogens is 212 g/mol. The predicted octanol–water partition coefficient (Wildman–Crippen LogP) is 3.85. The Morgan fingerprint density at radius 3 is 2.65 bits per heavy atom. The van der Waals surface area contributed by atoms with Gasteiger partial charge >= 0.3 is 0 Å². The van der Waals surface area contributed by atoms with Crippen molar-refractivity contribution in [2.45, 2.75) is 25.9 Å². The zero-order chi connectivity index (χ0) is 12.1. The van der Waals surface area contributed by atoms with Crippen LogP contribution in [0.4, 0.5) is 0 Å². The van der Waals surface area contributed by atoms with E-state index >= 15 is 0 Å². The summed E-state index contributed by atoms with van der Waals surface area (Å²) in [5.41, 5.74) is 1.07. The van der Waals surface area contributed by atoms with Crippen molar-refractivity contribution < 1.29 is 9.53 Å². The van der Waals surface area contributed by atoms with E-state index in [-0.39, 0.29) is 6.10 Å². The van der Waals surface area contributed by atoms with Crippen LogP contribution in [0.3, 0.4) is 0 Å². The molecule has 1 atom stereocenters. The Hall–Kier alpha value is -1.83. The van der Waals surface area contributed by atoms with Gasteiger partial charge in [0.05, 0.1) is 0 Å². The summed E-state index contributed by atoms with van der Waals surface area (Å²) in [4.78, 5) is 10.5. The second-order valence-electron chi connectivity index (χ2n) is 4.12. The molecule has 1 unspecified atom stereocenters. The van der Waals surface area contributed by atoms with Gasteiger partial charge < -0.3 is 4.74 Å². The van der Waals surface area contributed by atoms with E-state index in [1.54, 1.807) is 0 Å². The van der Waals surface area contributed by atoms with Gasteiger partial charge in [-0.3, -0.25) is 4.79 Å². The lowest BCUT2D eigenvalue weighted by Crippen LogP contribution is -2.02. The van der Waals surface area contributed by atoms with Crippen LogP contribution < -0.4 is 0 Å². The van der Waals surface area contributed by atoms with E-state index in [1.807, 2.05) is 18.2 Å². The molecule has 0 N–H and O–H groups in total. The van der Waals surface area contributed by atoms with Gasteiger partial charge in [-0.05, 0) is 28.8 Å². The lowest BCUT2D eigenvalue weighted by Gasteiger charge is -2.15. The molecule has 0 saturated carbocycles. The third kappa shape index (κ3) is 2.64. The van der Waals surface area contributed by atoms with Crippen LogP contribution in [0.5, 0.6) is 0 Å². The van der Waals surface area contributed by atoms with Crippen LogP contribution in [0.1, 0.15) is 31.4 Å². The van der Waals surface area contributed by atoms with Gasteiger partial charge in [-0.2, -0.15) is 0 Å². The van der Waals surface area contributed by atoms with Crippen molar-refractivity contribution in [2.75, 3.05) is 0 Å². The minimum absolute atomic E-state index is 0.123. The molecule has 2 heteroatoms. The molecule has 0 heterocycles. The van der Waals surface area contributed by atoms with Crippen LogP contribution in [-0.2, 0) is 9.53 Å². The Kier molecular flexibility index (Phi) is 3.76. The number of benzene rings is 2. The summed E-state index contributed by atoms with van der Waals surface area (Å²) in [7, 11) is 0. The first kappa shape index (κ1) is 11.6. The van der Waals surface area contributed by atoms with Crippen LogP contribution in [0.15, 0.2) is 42.5 Å². The van der Waals surface area contributed by atoms with Crippen LogP contribution in [0.2, 0.25) is 0 Å². The molecule has 0 aliphatic carbocycles. The van der Waals surface area contributed by atoms with E-state index in [2.05, 4.69) is 31.2 Å². The van der Waals surface area contributed by atoms with Crippen molar-refractivity contribution in [3.63, 3.8) is 0 Å². The van der Waals surface area contributed by atoms with Gasteiger partial charge in [0.2, 0.25) is 0 Å². The maximum absolute atomic E-state index is 10.5. The molecule has 17 heavy (non-hydrogen) atoms. The molecule has 0 bridgehead atoms. The van der Waals surface area contributed by atoms with Gasteiger partial charge in [0.25, 0.3) is 6.47 Å². The Morgan fingerprint density at radius 1 is 1.18 bits per heavy atom. The molecule has 2 rings (SSSR count). The first-order chi connectivity index (χ1) is 8.35. The van der Waals surface area contributed by atoms with Crippen molar-refractivity contribution in [3.05, 3.63) is 48.0 Å². The normalized spacial score (nSPS) is 12.3. The summed E-state index contributed by atoms with van der Waals surface area (Å²) in [5, 5.41) is 2.39. The lowest BCUT2D eigenvalue weighted by atomic mass is 10.0. The highest BCUT2D eigenvalue weighted by atomic mass is 16.5. The number of ether oxygens (including phenoxy) is 1. The summed E-state index contributed by atoms with van der Waals surface area (Å²) in [6.07, 6.45) is 1.73. The smallest absolute Gasteiger partial charge is 0.293 e. The van der Waals surface area contributed by atoms with Crippen molar-refractivity contribution in [2.24, 2.45) is 0 Å². The molecule has 0 aromatic heterocycles.